The largest absolute Gasteiger partial charge is 0.454 e. The summed E-state index contributed by atoms with van der Waals surface area (Å²) in [6.07, 6.45) is -4.73. The van der Waals surface area contributed by atoms with Gasteiger partial charge in [0.15, 0.2) is 12.4 Å². The van der Waals surface area contributed by atoms with Gasteiger partial charge in [-0.1, -0.05) is 44.7 Å². The number of hydrogen-bond acceptors (Lipinski definition) is 6. The fourth-order valence-corrected chi connectivity index (χ4v) is 3.21. The van der Waals surface area contributed by atoms with E-state index in [4.69, 9.17) is 4.74 Å². The highest BCUT2D eigenvalue weighted by atomic mass is 32.2. The molecule has 0 N–H and O–H groups in total. The van der Waals surface area contributed by atoms with Gasteiger partial charge in [-0.15, -0.1) is 0 Å². The molecule has 0 saturated carbocycles. The molecule has 0 fully saturated rings. The van der Waals surface area contributed by atoms with Gasteiger partial charge in [-0.25, -0.2) is 4.79 Å². The Morgan fingerprint density at radius 3 is 2.27 bits per heavy atom. The standard InChI is InChI=1S/C20H18F3NO5S/c1-19(2,3)17(25)11-29-18(26)13-6-4-5-7-15(13)30-16-9-8-12(20(21,22)23)10-14(16)24(27)28/h4-10H,11H2,1-3H3. The van der Waals surface area contributed by atoms with Crippen LogP contribution in [-0.2, 0) is 15.7 Å². The normalized spacial score (nSPS) is 11.8. The van der Waals surface area contributed by atoms with E-state index in [1.807, 2.05) is 0 Å². The lowest BCUT2D eigenvalue weighted by atomic mass is 9.91. The zero-order chi connectivity index (χ0) is 22.7. The third kappa shape index (κ3) is 5.82. The van der Waals surface area contributed by atoms with E-state index in [2.05, 4.69) is 0 Å². The van der Waals surface area contributed by atoms with Gasteiger partial charge in [0.1, 0.15) is 0 Å². The molecule has 0 spiro atoms. The number of benzene rings is 2. The first-order valence-corrected chi connectivity index (χ1v) is 9.45. The van der Waals surface area contributed by atoms with Crippen molar-refractivity contribution in [2.24, 2.45) is 5.41 Å². The number of alkyl halides is 3. The molecule has 10 heteroatoms. The molecule has 6 nitrogen and oxygen atoms in total. The van der Waals surface area contributed by atoms with Crippen molar-refractivity contribution in [1.82, 2.24) is 0 Å². The zero-order valence-corrected chi connectivity index (χ0v) is 17.1. The van der Waals surface area contributed by atoms with E-state index in [-0.39, 0.29) is 21.1 Å². The summed E-state index contributed by atoms with van der Waals surface area (Å²) >= 11 is 0.762. The summed E-state index contributed by atoms with van der Waals surface area (Å²) in [4.78, 5) is 34.9. The van der Waals surface area contributed by atoms with Crippen LogP contribution in [-0.4, -0.2) is 23.3 Å². The van der Waals surface area contributed by atoms with Crippen molar-refractivity contribution in [2.75, 3.05) is 6.61 Å². The van der Waals surface area contributed by atoms with Gasteiger partial charge in [0.2, 0.25) is 0 Å². The van der Waals surface area contributed by atoms with E-state index in [1.165, 1.54) is 18.2 Å². The Kier molecular flexibility index (Phi) is 6.91. The van der Waals surface area contributed by atoms with Crippen molar-refractivity contribution < 1.29 is 32.4 Å². The van der Waals surface area contributed by atoms with Gasteiger partial charge in [0, 0.05) is 16.4 Å². The molecule has 0 aliphatic heterocycles. The van der Waals surface area contributed by atoms with Crippen molar-refractivity contribution in [1.29, 1.82) is 0 Å². The monoisotopic (exact) mass is 441 g/mol. The molecule has 2 rings (SSSR count). The Morgan fingerprint density at radius 1 is 1.07 bits per heavy atom. The Hall–Kier alpha value is -2.88. The number of rotatable bonds is 6. The SMILES string of the molecule is CC(C)(C)C(=O)COC(=O)c1ccccc1Sc1ccc(C(F)(F)F)cc1[N+](=O)[O-]. The average Bonchev–Trinajstić information content (AvgIpc) is 2.64. The number of Topliss-reactive ketones (excluding diaryl/α,β-unsaturated/α-hetero) is 1. The molecule has 0 atom stereocenters. The molecule has 0 heterocycles. The molecule has 0 aliphatic carbocycles. The number of nitrogens with zero attached hydrogens (tertiary/aromatic N) is 1. The Labute approximate surface area is 174 Å². The highest BCUT2D eigenvalue weighted by Gasteiger charge is 2.33. The first kappa shape index (κ1) is 23.4. The summed E-state index contributed by atoms with van der Waals surface area (Å²) in [5, 5.41) is 11.3. The third-order valence-corrected chi connectivity index (χ3v) is 5.12. The molecule has 2 aromatic rings. The summed E-state index contributed by atoms with van der Waals surface area (Å²) < 4.78 is 43.7. The van der Waals surface area contributed by atoms with Gasteiger partial charge in [-0.05, 0) is 24.3 Å². The zero-order valence-electron chi connectivity index (χ0n) is 16.3. The lowest BCUT2D eigenvalue weighted by Gasteiger charge is -2.16. The number of nitro benzene ring substituents is 1. The first-order valence-electron chi connectivity index (χ1n) is 8.63. The van der Waals surface area contributed by atoms with E-state index >= 15 is 0 Å². The summed E-state index contributed by atoms with van der Waals surface area (Å²) in [6, 6.07) is 8.15. The predicted octanol–water partition coefficient (Wildman–Crippen LogP) is 5.54. The van der Waals surface area contributed by atoms with Crippen LogP contribution in [0.1, 0.15) is 36.7 Å². The average molecular weight is 441 g/mol. The quantitative estimate of drug-likeness (QED) is 0.333. The number of halogens is 3. The Balaban J connectivity index is 2.32. The fourth-order valence-electron chi connectivity index (χ4n) is 2.19. The van der Waals surface area contributed by atoms with Crippen molar-refractivity contribution in [3.05, 3.63) is 63.7 Å². The summed E-state index contributed by atoms with van der Waals surface area (Å²) in [5.74, 6) is -1.11. The van der Waals surface area contributed by atoms with Crippen molar-refractivity contribution in [3.8, 4) is 0 Å². The molecule has 0 bridgehead atoms. The second kappa shape index (κ2) is 8.86. The molecule has 0 unspecified atom stereocenters. The van der Waals surface area contributed by atoms with E-state index in [0.717, 1.165) is 23.9 Å². The molecule has 0 aliphatic rings. The van der Waals surface area contributed by atoms with E-state index in [0.29, 0.717) is 6.07 Å². The van der Waals surface area contributed by atoms with E-state index in [9.17, 15) is 32.9 Å². The number of carbonyl (C=O) groups excluding carboxylic acids is 2. The van der Waals surface area contributed by atoms with E-state index in [1.54, 1.807) is 26.8 Å². The van der Waals surface area contributed by atoms with Crippen LogP contribution in [0.5, 0.6) is 0 Å². The molecule has 0 saturated heterocycles. The lowest BCUT2D eigenvalue weighted by Crippen LogP contribution is -2.26. The second-order valence-corrected chi connectivity index (χ2v) is 8.37. The molecule has 0 amide bonds. The third-order valence-electron chi connectivity index (χ3n) is 3.98. The van der Waals surface area contributed by atoms with Crippen molar-refractivity contribution in [3.63, 3.8) is 0 Å². The van der Waals surface area contributed by atoms with Gasteiger partial charge >= 0.3 is 12.1 Å². The maximum absolute atomic E-state index is 12.9. The fraction of sp³-hybridized carbons (Fsp3) is 0.300. The predicted molar refractivity (Wildman–Crippen MR) is 103 cm³/mol. The minimum absolute atomic E-state index is 0.0402. The molecule has 160 valence electrons. The molecule has 0 radical (unpaired) electrons. The topological polar surface area (TPSA) is 86.5 Å². The van der Waals surface area contributed by atoms with Crippen molar-refractivity contribution >= 4 is 29.2 Å². The lowest BCUT2D eigenvalue weighted by molar-refractivity contribution is -0.388. The van der Waals surface area contributed by atoms with Crippen LogP contribution in [0.25, 0.3) is 0 Å². The van der Waals surface area contributed by atoms with Crippen LogP contribution in [0.15, 0.2) is 52.3 Å². The number of ether oxygens (including phenoxy) is 1. The Morgan fingerprint density at radius 2 is 1.70 bits per heavy atom. The van der Waals surface area contributed by atoms with Crippen LogP contribution in [0.4, 0.5) is 18.9 Å². The van der Waals surface area contributed by atoms with Crippen LogP contribution in [0, 0.1) is 15.5 Å². The molecular formula is C20H18F3NO5S. The minimum atomic E-state index is -4.73. The number of ketones is 1. The van der Waals surface area contributed by atoms with Gasteiger partial charge < -0.3 is 4.74 Å². The van der Waals surface area contributed by atoms with Gasteiger partial charge in [0.25, 0.3) is 5.69 Å². The molecule has 2 aromatic carbocycles. The summed E-state index contributed by atoms with van der Waals surface area (Å²) in [7, 11) is 0. The molecule has 30 heavy (non-hydrogen) atoms. The summed E-state index contributed by atoms with van der Waals surface area (Å²) in [6.45, 7) is 4.59. The molecule has 0 aromatic heterocycles. The highest BCUT2D eigenvalue weighted by molar-refractivity contribution is 7.99. The maximum atomic E-state index is 12.9. The highest BCUT2D eigenvalue weighted by Crippen LogP contribution is 2.40. The van der Waals surface area contributed by atoms with Crippen molar-refractivity contribution in [2.45, 2.75) is 36.7 Å². The van der Waals surface area contributed by atoms with Gasteiger partial charge in [-0.3, -0.25) is 14.9 Å². The number of nitro groups is 1. The number of esters is 1. The van der Waals surface area contributed by atoms with Crippen LogP contribution in [0.2, 0.25) is 0 Å². The second-order valence-electron chi connectivity index (χ2n) is 7.28. The smallest absolute Gasteiger partial charge is 0.416 e. The maximum Gasteiger partial charge on any atom is 0.416 e. The van der Waals surface area contributed by atoms with Crippen LogP contribution < -0.4 is 0 Å². The van der Waals surface area contributed by atoms with E-state index < -0.39 is 40.3 Å². The minimum Gasteiger partial charge on any atom is -0.454 e. The first-order chi connectivity index (χ1) is 13.8. The Bertz CT molecular complexity index is 983. The summed E-state index contributed by atoms with van der Waals surface area (Å²) in [5.41, 5.74) is -2.54. The van der Waals surface area contributed by atoms with Crippen LogP contribution in [0.3, 0.4) is 0 Å². The van der Waals surface area contributed by atoms with Crippen LogP contribution >= 0.6 is 11.8 Å². The number of carbonyl (C=O) groups is 2. The van der Waals surface area contributed by atoms with Gasteiger partial charge in [0.05, 0.1) is 20.9 Å². The number of hydrogen-bond donors (Lipinski definition) is 0. The molecular weight excluding hydrogens is 423 g/mol. The van der Waals surface area contributed by atoms with Gasteiger partial charge in [-0.2, -0.15) is 13.2 Å².